The number of halogens is 4. The van der Waals surface area contributed by atoms with E-state index in [0.717, 1.165) is 14.8 Å². The zero-order valence-corrected chi connectivity index (χ0v) is 12.4. The van der Waals surface area contributed by atoms with Crippen LogP contribution in [-0.2, 0) is 6.54 Å². The standard InChI is InChI=1S/C14H11F3INO/c15-14(16,17)20-13-6-4-10(5-7-13)9-19-12-3-1-2-11(18)8-12/h1-8,19H,9H2. The number of alkyl halides is 3. The van der Waals surface area contributed by atoms with Gasteiger partial charge in [-0.05, 0) is 58.5 Å². The van der Waals surface area contributed by atoms with Gasteiger partial charge >= 0.3 is 6.36 Å². The zero-order chi connectivity index (χ0) is 14.6. The molecular weight excluding hydrogens is 382 g/mol. The third-order valence-corrected chi connectivity index (χ3v) is 3.15. The number of hydrogen-bond donors (Lipinski definition) is 1. The van der Waals surface area contributed by atoms with E-state index >= 15 is 0 Å². The van der Waals surface area contributed by atoms with Crippen molar-refractivity contribution in [3.63, 3.8) is 0 Å². The maximum atomic E-state index is 12.0. The minimum atomic E-state index is -4.65. The van der Waals surface area contributed by atoms with E-state index in [4.69, 9.17) is 0 Å². The number of anilines is 1. The molecule has 6 heteroatoms. The quantitative estimate of drug-likeness (QED) is 0.754. The fourth-order valence-corrected chi connectivity index (χ4v) is 2.15. The van der Waals surface area contributed by atoms with Gasteiger partial charge in [-0.1, -0.05) is 18.2 Å². The molecule has 0 aliphatic carbocycles. The lowest BCUT2D eigenvalue weighted by Gasteiger charge is -2.10. The Balaban J connectivity index is 1.94. The highest BCUT2D eigenvalue weighted by Gasteiger charge is 2.30. The first-order valence-corrected chi connectivity index (χ1v) is 6.84. The molecule has 106 valence electrons. The van der Waals surface area contributed by atoms with Crippen LogP contribution < -0.4 is 10.1 Å². The monoisotopic (exact) mass is 393 g/mol. The van der Waals surface area contributed by atoms with Gasteiger partial charge in [-0.2, -0.15) is 0 Å². The van der Waals surface area contributed by atoms with Crippen molar-refractivity contribution in [2.45, 2.75) is 12.9 Å². The number of rotatable bonds is 4. The minimum absolute atomic E-state index is 0.212. The van der Waals surface area contributed by atoms with Crippen LogP contribution in [0.2, 0.25) is 0 Å². The predicted octanol–water partition coefficient (Wildman–Crippen LogP) is 4.80. The van der Waals surface area contributed by atoms with Crippen LogP contribution in [0.15, 0.2) is 48.5 Å². The summed E-state index contributed by atoms with van der Waals surface area (Å²) in [6.07, 6.45) is -4.65. The Morgan fingerprint density at radius 1 is 1.05 bits per heavy atom. The fourth-order valence-electron chi connectivity index (χ4n) is 1.61. The number of nitrogens with one attached hydrogen (secondary N) is 1. The first kappa shape index (κ1) is 15.0. The van der Waals surface area contributed by atoms with E-state index < -0.39 is 6.36 Å². The van der Waals surface area contributed by atoms with Crippen LogP contribution in [0.1, 0.15) is 5.56 Å². The second kappa shape index (κ2) is 6.34. The van der Waals surface area contributed by atoms with E-state index in [1.165, 1.54) is 12.1 Å². The Labute approximate surface area is 128 Å². The van der Waals surface area contributed by atoms with Crippen molar-refractivity contribution in [3.8, 4) is 5.75 Å². The Hall–Kier alpha value is -1.44. The molecule has 0 spiro atoms. The van der Waals surface area contributed by atoms with Gasteiger partial charge in [-0.3, -0.25) is 0 Å². The second-order valence-electron chi connectivity index (χ2n) is 4.06. The predicted molar refractivity (Wildman–Crippen MR) is 79.6 cm³/mol. The molecule has 2 nitrogen and oxygen atoms in total. The highest BCUT2D eigenvalue weighted by molar-refractivity contribution is 14.1. The first-order chi connectivity index (χ1) is 9.42. The van der Waals surface area contributed by atoms with Crippen molar-refractivity contribution in [1.29, 1.82) is 0 Å². The van der Waals surface area contributed by atoms with E-state index in [2.05, 4.69) is 32.6 Å². The van der Waals surface area contributed by atoms with Gasteiger partial charge in [-0.15, -0.1) is 13.2 Å². The maximum absolute atomic E-state index is 12.0. The molecule has 0 bridgehead atoms. The highest BCUT2D eigenvalue weighted by Crippen LogP contribution is 2.23. The molecule has 0 atom stereocenters. The Kier molecular flexibility index (Phi) is 4.74. The molecule has 0 amide bonds. The highest BCUT2D eigenvalue weighted by atomic mass is 127. The third-order valence-electron chi connectivity index (χ3n) is 2.48. The molecule has 0 aromatic heterocycles. The van der Waals surface area contributed by atoms with Crippen molar-refractivity contribution < 1.29 is 17.9 Å². The Morgan fingerprint density at radius 2 is 1.75 bits per heavy atom. The average Bonchev–Trinajstić information content (AvgIpc) is 2.36. The van der Waals surface area contributed by atoms with Crippen molar-refractivity contribution in [3.05, 3.63) is 57.7 Å². The van der Waals surface area contributed by atoms with Crippen molar-refractivity contribution >= 4 is 28.3 Å². The van der Waals surface area contributed by atoms with Crippen LogP contribution in [0.4, 0.5) is 18.9 Å². The zero-order valence-electron chi connectivity index (χ0n) is 10.2. The van der Waals surface area contributed by atoms with Gasteiger partial charge in [0.15, 0.2) is 0 Å². The molecule has 2 rings (SSSR count). The van der Waals surface area contributed by atoms with Crippen molar-refractivity contribution in [2.24, 2.45) is 0 Å². The summed E-state index contributed by atoms with van der Waals surface area (Å²) in [6.45, 7) is 0.534. The molecule has 0 unspecified atom stereocenters. The first-order valence-electron chi connectivity index (χ1n) is 5.76. The van der Waals surface area contributed by atoms with Crippen LogP contribution in [0.5, 0.6) is 5.75 Å². The summed E-state index contributed by atoms with van der Waals surface area (Å²) in [6, 6.07) is 13.6. The summed E-state index contributed by atoms with van der Waals surface area (Å²) in [5.41, 5.74) is 1.84. The average molecular weight is 393 g/mol. The van der Waals surface area contributed by atoms with Gasteiger partial charge in [-0.25, -0.2) is 0 Å². The lowest BCUT2D eigenvalue weighted by atomic mass is 10.2. The molecule has 2 aromatic carbocycles. The summed E-state index contributed by atoms with van der Waals surface area (Å²) in [5.74, 6) is -0.212. The van der Waals surface area contributed by atoms with Crippen LogP contribution in [-0.4, -0.2) is 6.36 Å². The van der Waals surface area contributed by atoms with Gasteiger partial charge in [0.2, 0.25) is 0 Å². The lowest BCUT2D eigenvalue weighted by Crippen LogP contribution is -2.17. The van der Waals surface area contributed by atoms with Crippen LogP contribution >= 0.6 is 22.6 Å². The van der Waals surface area contributed by atoms with E-state index in [0.29, 0.717) is 6.54 Å². The molecular formula is C14H11F3INO. The minimum Gasteiger partial charge on any atom is -0.406 e. The summed E-state index contributed by atoms with van der Waals surface area (Å²) >= 11 is 2.21. The van der Waals surface area contributed by atoms with E-state index in [-0.39, 0.29) is 5.75 Å². The van der Waals surface area contributed by atoms with Crippen LogP contribution in [0, 0.1) is 3.57 Å². The fraction of sp³-hybridized carbons (Fsp3) is 0.143. The molecule has 0 radical (unpaired) electrons. The number of benzene rings is 2. The summed E-state index contributed by atoms with van der Waals surface area (Å²) in [4.78, 5) is 0. The number of ether oxygens (including phenoxy) is 1. The summed E-state index contributed by atoms with van der Waals surface area (Å²) < 4.78 is 41.0. The van der Waals surface area contributed by atoms with E-state index in [1.807, 2.05) is 24.3 Å². The number of hydrogen-bond acceptors (Lipinski definition) is 2. The van der Waals surface area contributed by atoms with Crippen molar-refractivity contribution in [2.75, 3.05) is 5.32 Å². The van der Waals surface area contributed by atoms with Crippen LogP contribution in [0.3, 0.4) is 0 Å². The second-order valence-corrected chi connectivity index (χ2v) is 5.30. The molecule has 0 saturated carbocycles. The van der Waals surface area contributed by atoms with Gasteiger partial charge in [0, 0.05) is 15.8 Å². The molecule has 1 N–H and O–H groups in total. The smallest absolute Gasteiger partial charge is 0.406 e. The van der Waals surface area contributed by atoms with E-state index in [9.17, 15) is 13.2 Å². The molecule has 0 heterocycles. The molecule has 2 aromatic rings. The molecule has 0 saturated heterocycles. The lowest BCUT2D eigenvalue weighted by molar-refractivity contribution is -0.274. The summed E-state index contributed by atoms with van der Waals surface area (Å²) in [5, 5.41) is 3.20. The third kappa shape index (κ3) is 4.92. The topological polar surface area (TPSA) is 21.3 Å². The Morgan fingerprint density at radius 3 is 2.35 bits per heavy atom. The Bertz CT molecular complexity index is 569. The normalized spacial score (nSPS) is 11.2. The summed E-state index contributed by atoms with van der Waals surface area (Å²) in [7, 11) is 0. The van der Waals surface area contributed by atoms with Gasteiger partial charge < -0.3 is 10.1 Å². The maximum Gasteiger partial charge on any atom is 0.573 e. The largest absolute Gasteiger partial charge is 0.573 e. The van der Waals surface area contributed by atoms with Crippen LogP contribution in [0.25, 0.3) is 0 Å². The molecule has 0 fully saturated rings. The SMILES string of the molecule is FC(F)(F)Oc1ccc(CNc2cccc(I)c2)cc1. The van der Waals surface area contributed by atoms with Gasteiger partial charge in [0.25, 0.3) is 0 Å². The molecule has 20 heavy (non-hydrogen) atoms. The van der Waals surface area contributed by atoms with E-state index in [1.54, 1.807) is 12.1 Å². The van der Waals surface area contributed by atoms with Gasteiger partial charge in [0.1, 0.15) is 5.75 Å². The van der Waals surface area contributed by atoms with Gasteiger partial charge in [0.05, 0.1) is 0 Å². The van der Waals surface area contributed by atoms with Crippen molar-refractivity contribution in [1.82, 2.24) is 0 Å². The molecule has 0 aliphatic heterocycles. The molecule has 0 aliphatic rings.